The number of aromatic nitrogens is 4. The van der Waals surface area contributed by atoms with Crippen LogP contribution in [0.5, 0.6) is 11.6 Å². The molecule has 1 amide bonds. The summed E-state index contributed by atoms with van der Waals surface area (Å²) in [5.74, 6) is -0.0134. The van der Waals surface area contributed by atoms with Crippen LogP contribution in [-0.2, 0) is 18.3 Å². The fourth-order valence-corrected chi connectivity index (χ4v) is 6.37. The van der Waals surface area contributed by atoms with Crippen LogP contribution in [0.15, 0.2) is 90.0 Å². The maximum Gasteiger partial charge on any atom is 0.415 e. The van der Waals surface area contributed by atoms with Crippen molar-refractivity contribution in [3.05, 3.63) is 107 Å². The molecule has 3 aromatic carbocycles. The van der Waals surface area contributed by atoms with Crippen LogP contribution >= 0.6 is 0 Å². The molecule has 6 aromatic rings. The quantitative estimate of drug-likeness (QED) is 0.246. The summed E-state index contributed by atoms with van der Waals surface area (Å²) in [5.41, 5.74) is 7.38. The van der Waals surface area contributed by atoms with Gasteiger partial charge in [-0.1, -0.05) is 18.2 Å². The summed E-state index contributed by atoms with van der Waals surface area (Å²) in [4.78, 5) is 50.4. The predicted octanol–water partition coefficient (Wildman–Crippen LogP) is 5.20. The minimum atomic E-state index is -0.918. The van der Waals surface area contributed by atoms with Gasteiger partial charge >= 0.3 is 17.8 Å². The van der Waals surface area contributed by atoms with E-state index in [1.807, 2.05) is 55.5 Å². The summed E-state index contributed by atoms with van der Waals surface area (Å²) >= 11 is 0. The number of rotatable bonds is 7. The van der Waals surface area contributed by atoms with Gasteiger partial charge in [-0.2, -0.15) is 0 Å². The van der Waals surface area contributed by atoms with Gasteiger partial charge in [-0.3, -0.25) is 18.9 Å². The first-order valence-corrected chi connectivity index (χ1v) is 15.8. The van der Waals surface area contributed by atoms with Gasteiger partial charge in [0.25, 0.3) is 0 Å². The number of pyridine rings is 2. The zero-order valence-corrected chi connectivity index (χ0v) is 27.3. The second-order valence-corrected chi connectivity index (χ2v) is 12.0. The van der Waals surface area contributed by atoms with Gasteiger partial charge in [-0.15, -0.1) is 0 Å². The normalized spacial score (nSPS) is 13.2. The van der Waals surface area contributed by atoms with Crippen LogP contribution in [0.3, 0.4) is 0 Å². The number of piperazine rings is 1. The molecule has 0 radical (unpaired) electrons. The summed E-state index contributed by atoms with van der Waals surface area (Å²) in [6.45, 7) is 4.20. The molecule has 7 rings (SSSR count). The molecular formula is C37H34N6O6. The number of methoxy groups -OCH3 is 1. The summed E-state index contributed by atoms with van der Waals surface area (Å²) in [5, 5.41) is 9.81. The molecule has 1 aliphatic heterocycles. The van der Waals surface area contributed by atoms with Crippen LogP contribution in [-0.4, -0.2) is 74.5 Å². The van der Waals surface area contributed by atoms with Crippen LogP contribution < -0.4 is 20.1 Å². The van der Waals surface area contributed by atoms with E-state index in [-0.39, 0.29) is 12.1 Å². The van der Waals surface area contributed by atoms with Gasteiger partial charge in [0.2, 0.25) is 5.88 Å². The van der Waals surface area contributed by atoms with E-state index in [1.165, 1.54) is 0 Å². The standard InChI is InChI=1S/C37H34N6O6/c1-23-18-27(8-12-31(23)41-14-16-42(17-15-41)37(47)49-28-9-4-24(5-10-28)19-34(44)45)43-35-29-20-25(26-7-13-33(48-3)39-21-26)6-11-30(29)38-22-32(35)40(2)36(43)46/h4-13,18,20-22H,14-17,19H2,1-3H3,(H,44,45). The Kier molecular flexibility index (Phi) is 8.21. The van der Waals surface area contributed by atoms with Crippen molar-refractivity contribution >= 4 is 39.7 Å². The van der Waals surface area contributed by atoms with Crippen LogP contribution in [0.2, 0.25) is 0 Å². The molecule has 248 valence electrons. The number of fused-ring (bicyclic) bond motifs is 3. The Morgan fingerprint density at radius 1 is 0.878 bits per heavy atom. The molecule has 12 heteroatoms. The molecule has 1 N–H and O–H groups in total. The Hall–Kier alpha value is -6.17. The number of benzene rings is 3. The second-order valence-electron chi connectivity index (χ2n) is 12.0. The average Bonchev–Trinajstić information content (AvgIpc) is 3.38. The lowest BCUT2D eigenvalue weighted by molar-refractivity contribution is -0.136. The van der Waals surface area contributed by atoms with Gasteiger partial charge < -0.3 is 24.4 Å². The van der Waals surface area contributed by atoms with Crippen molar-refractivity contribution in [2.24, 2.45) is 7.05 Å². The number of aryl methyl sites for hydroxylation is 2. The zero-order valence-electron chi connectivity index (χ0n) is 27.3. The van der Waals surface area contributed by atoms with E-state index >= 15 is 0 Å². The third kappa shape index (κ3) is 6.04. The van der Waals surface area contributed by atoms with Crippen LogP contribution in [0.4, 0.5) is 10.5 Å². The van der Waals surface area contributed by atoms with Gasteiger partial charge in [-0.25, -0.2) is 14.6 Å². The first-order valence-electron chi connectivity index (χ1n) is 15.8. The maximum absolute atomic E-state index is 13.7. The van der Waals surface area contributed by atoms with Crippen molar-refractivity contribution in [1.29, 1.82) is 0 Å². The molecule has 1 saturated heterocycles. The number of aliphatic carboxylic acids is 1. The molecule has 0 unspecified atom stereocenters. The third-order valence-electron chi connectivity index (χ3n) is 8.96. The number of hydrogen-bond donors (Lipinski definition) is 1. The number of ether oxygens (including phenoxy) is 2. The molecule has 12 nitrogen and oxygen atoms in total. The monoisotopic (exact) mass is 658 g/mol. The second kappa shape index (κ2) is 12.8. The number of anilines is 1. The first-order chi connectivity index (χ1) is 23.7. The number of carboxylic acid groups (broad SMARTS) is 1. The van der Waals surface area contributed by atoms with Gasteiger partial charge in [0.15, 0.2) is 0 Å². The Labute approximate surface area is 281 Å². The molecule has 0 aliphatic carbocycles. The van der Waals surface area contributed by atoms with Crippen LogP contribution in [0.1, 0.15) is 11.1 Å². The van der Waals surface area contributed by atoms with Gasteiger partial charge in [0, 0.05) is 62.1 Å². The molecule has 1 fully saturated rings. The Morgan fingerprint density at radius 2 is 1.63 bits per heavy atom. The van der Waals surface area contributed by atoms with E-state index in [2.05, 4.69) is 14.9 Å². The topological polar surface area (TPSA) is 132 Å². The zero-order chi connectivity index (χ0) is 34.2. The fourth-order valence-electron chi connectivity index (χ4n) is 6.37. The summed E-state index contributed by atoms with van der Waals surface area (Å²) in [6.07, 6.45) is 2.97. The minimum Gasteiger partial charge on any atom is -0.481 e. The lowest BCUT2D eigenvalue weighted by atomic mass is 10.0. The smallest absolute Gasteiger partial charge is 0.415 e. The van der Waals surface area contributed by atoms with Crippen LogP contribution in [0.25, 0.3) is 38.8 Å². The Balaban J connectivity index is 1.12. The summed E-state index contributed by atoms with van der Waals surface area (Å²) < 4.78 is 14.1. The van der Waals surface area contributed by atoms with Crippen molar-refractivity contribution in [2.75, 3.05) is 38.2 Å². The fraction of sp³-hybridized carbons (Fsp3) is 0.216. The number of amides is 1. The molecule has 4 heterocycles. The molecule has 0 atom stereocenters. The maximum atomic E-state index is 13.7. The first kappa shape index (κ1) is 31.4. The largest absolute Gasteiger partial charge is 0.481 e. The highest BCUT2D eigenvalue weighted by Crippen LogP contribution is 2.31. The van der Waals surface area contributed by atoms with E-state index in [4.69, 9.17) is 14.6 Å². The third-order valence-corrected chi connectivity index (χ3v) is 8.96. The molecule has 0 bridgehead atoms. The van der Waals surface area contributed by atoms with Crippen molar-refractivity contribution in [2.45, 2.75) is 13.3 Å². The van der Waals surface area contributed by atoms with E-state index in [1.54, 1.807) is 64.9 Å². The molecule has 1 aliphatic rings. The highest BCUT2D eigenvalue weighted by Gasteiger charge is 2.24. The Bertz CT molecular complexity index is 2270. The number of carboxylic acids is 1. The van der Waals surface area contributed by atoms with Gasteiger partial charge in [0.1, 0.15) is 5.75 Å². The summed E-state index contributed by atoms with van der Waals surface area (Å²) in [7, 11) is 3.34. The number of nitrogens with zero attached hydrogens (tertiary/aromatic N) is 6. The van der Waals surface area contributed by atoms with Crippen LogP contribution in [0, 0.1) is 6.92 Å². The SMILES string of the molecule is COc1ccc(-c2ccc3ncc4c(c3c2)n(-c2ccc(N3CCN(C(=O)Oc5ccc(CC(=O)O)cc5)CC3)c(C)c2)c(=O)n4C)cn1. The molecule has 0 saturated carbocycles. The highest BCUT2D eigenvalue weighted by molar-refractivity contribution is 6.04. The van der Waals surface area contributed by atoms with Crippen molar-refractivity contribution in [3.63, 3.8) is 0 Å². The molecule has 0 spiro atoms. The predicted molar refractivity (Wildman–Crippen MR) is 186 cm³/mol. The van der Waals surface area contributed by atoms with Crippen molar-refractivity contribution in [1.82, 2.24) is 24.0 Å². The molecule has 49 heavy (non-hydrogen) atoms. The number of carbonyl (C=O) groups is 2. The number of carbonyl (C=O) groups excluding carboxylic acids is 1. The highest BCUT2D eigenvalue weighted by atomic mass is 16.6. The lowest BCUT2D eigenvalue weighted by Crippen LogP contribution is -2.49. The Morgan fingerprint density at radius 3 is 2.31 bits per heavy atom. The molecule has 3 aromatic heterocycles. The van der Waals surface area contributed by atoms with Crippen molar-refractivity contribution < 1.29 is 24.2 Å². The van der Waals surface area contributed by atoms with E-state index in [0.29, 0.717) is 43.4 Å². The average molecular weight is 659 g/mol. The van der Waals surface area contributed by atoms with E-state index < -0.39 is 12.1 Å². The van der Waals surface area contributed by atoms with Gasteiger partial charge in [0.05, 0.1) is 42.0 Å². The van der Waals surface area contributed by atoms with Gasteiger partial charge in [-0.05, 0) is 72.1 Å². The number of imidazole rings is 1. The lowest BCUT2D eigenvalue weighted by Gasteiger charge is -2.36. The number of hydrogen-bond acceptors (Lipinski definition) is 8. The van der Waals surface area contributed by atoms with E-state index in [0.717, 1.165) is 50.0 Å². The van der Waals surface area contributed by atoms with Crippen molar-refractivity contribution in [3.8, 4) is 28.4 Å². The van der Waals surface area contributed by atoms with E-state index in [9.17, 15) is 14.4 Å². The molecular weight excluding hydrogens is 624 g/mol. The summed E-state index contributed by atoms with van der Waals surface area (Å²) in [6, 6.07) is 22.3. The minimum absolute atomic E-state index is 0.0893.